The number of nitrogens with zero attached hydrogens (tertiary/aromatic N) is 1. The first-order valence-corrected chi connectivity index (χ1v) is 5.50. The van der Waals surface area contributed by atoms with Gasteiger partial charge >= 0.3 is 5.97 Å². The van der Waals surface area contributed by atoms with Gasteiger partial charge in [0.25, 0.3) is 5.91 Å². The molecular weight excluding hydrogens is 238 g/mol. The van der Waals surface area contributed by atoms with E-state index in [4.69, 9.17) is 14.9 Å². The maximum Gasteiger partial charge on any atom is 0.328 e. The fourth-order valence-electron chi connectivity index (χ4n) is 1.82. The number of carbonyl (C=O) groups is 2. The number of morpholine rings is 1. The van der Waals surface area contributed by atoms with E-state index in [9.17, 15) is 9.59 Å². The highest BCUT2D eigenvalue weighted by Crippen LogP contribution is 2.15. The third-order valence-corrected chi connectivity index (χ3v) is 2.79. The number of carbonyl (C=O) groups excluding carboxylic acids is 1. The molecule has 1 atom stereocenters. The monoisotopic (exact) mass is 251 g/mol. The van der Waals surface area contributed by atoms with E-state index in [1.165, 1.54) is 29.2 Å². The van der Waals surface area contributed by atoms with Crippen molar-refractivity contribution in [1.29, 1.82) is 0 Å². The van der Waals surface area contributed by atoms with Gasteiger partial charge in [-0.2, -0.15) is 0 Å². The van der Waals surface area contributed by atoms with E-state index in [0.29, 0.717) is 12.2 Å². The Morgan fingerprint density at radius 3 is 2.56 bits per heavy atom. The number of phenolic OH excluding ortho intramolecular Hbond substituents is 1. The number of hydrogen-bond acceptors (Lipinski definition) is 4. The van der Waals surface area contributed by atoms with Gasteiger partial charge in [-0.25, -0.2) is 4.79 Å². The van der Waals surface area contributed by atoms with Crippen molar-refractivity contribution in [2.75, 3.05) is 19.8 Å². The second-order valence-electron chi connectivity index (χ2n) is 3.97. The molecule has 1 unspecified atom stereocenters. The number of ether oxygens (including phenoxy) is 1. The van der Waals surface area contributed by atoms with Crippen molar-refractivity contribution in [3.8, 4) is 5.75 Å². The number of benzene rings is 1. The lowest BCUT2D eigenvalue weighted by molar-refractivity contribution is -0.147. The summed E-state index contributed by atoms with van der Waals surface area (Å²) < 4.78 is 5.06. The maximum atomic E-state index is 12.2. The minimum absolute atomic E-state index is 0.000836. The molecular formula is C12H13NO5. The molecule has 1 aromatic rings. The fraction of sp³-hybridized carbons (Fsp3) is 0.333. The lowest BCUT2D eigenvalue weighted by Gasteiger charge is -2.32. The predicted octanol–water partition coefficient (Wildman–Crippen LogP) is 0.318. The van der Waals surface area contributed by atoms with Crippen LogP contribution >= 0.6 is 0 Å². The Kier molecular flexibility index (Phi) is 3.47. The number of phenols is 1. The highest BCUT2D eigenvalue weighted by Gasteiger charge is 2.33. The van der Waals surface area contributed by atoms with Gasteiger partial charge in [-0.3, -0.25) is 4.79 Å². The summed E-state index contributed by atoms with van der Waals surface area (Å²) in [5, 5.41) is 18.2. The molecule has 1 fully saturated rings. The van der Waals surface area contributed by atoms with Crippen LogP contribution in [0.2, 0.25) is 0 Å². The van der Waals surface area contributed by atoms with Crippen molar-refractivity contribution >= 4 is 11.9 Å². The van der Waals surface area contributed by atoms with Crippen LogP contribution in [0.25, 0.3) is 0 Å². The zero-order valence-electron chi connectivity index (χ0n) is 9.57. The minimum Gasteiger partial charge on any atom is -0.508 e. The second kappa shape index (κ2) is 5.05. The Hall–Kier alpha value is -2.08. The van der Waals surface area contributed by atoms with E-state index >= 15 is 0 Å². The van der Waals surface area contributed by atoms with E-state index in [1.54, 1.807) is 0 Å². The SMILES string of the molecule is O=C(O)C1COCCN1C(=O)c1ccc(O)cc1. The molecule has 0 bridgehead atoms. The first kappa shape index (κ1) is 12.4. The molecule has 2 rings (SSSR count). The highest BCUT2D eigenvalue weighted by atomic mass is 16.5. The molecule has 0 saturated carbocycles. The molecule has 1 heterocycles. The number of aliphatic carboxylic acids is 1. The first-order valence-electron chi connectivity index (χ1n) is 5.50. The molecule has 1 aromatic carbocycles. The Balaban J connectivity index is 2.20. The molecule has 6 heteroatoms. The summed E-state index contributed by atoms with van der Waals surface area (Å²) in [6.07, 6.45) is 0. The number of amides is 1. The summed E-state index contributed by atoms with van der Waals surface area (Å²) in [6, 6.07) is 4.75. The van der Waals surface area contributed by atoms with Gasteiger partial charge in [-0.05, 0) is 24.3 Å². The summed E-state index contributed by atoms with van der Waals surface area (Å²) in [5.41, 5.74) is 0.348. The normalized spacial score (nSPS) is 19.6. The lowest BCUT2D eigenvalue weighted by atomic mass is 10.1. The highest BCUT2D eigenvalue weighted by molar-refractivity contribution is 5.96. The van der Waals surface area contributed by atoms with Gasteiger partial charge in [0.05, 0.1) is 13.2 Å². The van der Waals surface area contributed by atoms with Gasteiger partial charge in [0.1, 0.15) is 5.75 Å². The Morgan fingerprint density at radius 1 is 1.28 bits per heavy atom. The van der Waals surface area contributed by atoms with Crippen LogP contribution in [-0.4, -0.2) is 52.8 Å². The third kappa shape index (κ3) is 2.43. The van der Waals surface area contributed by atoms with Crippen LogP contribution in [0, 0.1) is 0 Å². The van der Waals surface area contributed by atoms with E-state index < -0.39 is 12.0 Å². The van der Waals surface area contributed by atoms with Gasteiger partial charge < -0.3 is 19.8 Å². The van der Waals surface area contributed by atoms with Crippen LogP contribution in [0.3, 0.4) is 0 Å². The zero-order valence-corrected chi connectivity index (χ0v) is 9.57. The number of hydrogen-bond donors (Lipinski definition) is 2. The van der Waals surface area contributed by atoms with E-state index in [-0.39, 0.29) is 24.8 Å². The largest absolute Gasteiger partial charge is 0.508 e. The van der Waals surface area contributed by atoms with Crippen LogP contribution in [0.5, 0.6) is 5.75 Å². The van der Waals surface area contributed by atoms with Crippen LogP contribution in [-0.2, 0) is 9.53 Å². The Labute approximate surface area is 103 Å². The van der Waals surface area contributed by atoms with E-state index in [1.807, 2.05) is 0 Å². The molecule has 1 aliphatic heterocycles. The van der Waals surface area contributed by atoms with Gasteiger partial charge in [-0.1, -0.05) is 0 Å². The second-order valence-corrected chi connectivity index (χ2v) is 3.97. The summed E-state index contributed by atoms with van der Waals surface area (Å²) >= 11 is 0. The van der Waals surface area contributed by atoms with Gasteiger partial charge in [0, 0.05) is 12.1 Å². The van der Waals surface area contributed by atoms with E-state index in [2.05, 4.69) is 0 Å². The molecule has 2 N–H and O–H groups in total. The standard InChI is InChI=1S/C12H13NO5/c14-9-3-1-8(2-4-9)11(15)13-5-6-18-7-10(13)12(16)17/h1-4,10,14H,5-7H2,(H,16,17). The van der Waals surface area contributed by atoms with E-state index in [0.717, 1.165) is 0 Å². The van der Waals surface area contributed by atoms with Crippen molar-refractivity contribution < 1.29 is 24.5 Å². The van der Waals surface area contributed by atoms with Crippen LogP contribution < -0.4 is 0 Å². The van der Waals surface area contributed by atoms with Crippen molar-refractivity contribution in [2.45, 2.75) is 6.04 Å². The molecule has 1 amide bonds. The number of aromatic hydroxyl groups is 1. The fourth-order valence-corrected chi connectivity index (χ4v) is 1.82. The summed E-state index contributed by atoms with van der Waals surface area (Å²) in [4.78, 5) is 24.5. The quantitative estimate of drug-likeness (QED) is 0.790. The van der Waals surface area contributed by atoms with Crippen molar-refractivity contribution in [3.05, 3.63) is 29.8 Å². The zero-order chi connectivity index (χ0) is 13.1. The minimum atomic E-state index is -1.08. The molecule has 0 aliphatic carbocycles. The van der Waals surface area contributed by atoms with Gasteiger partial charge in [-0.15, -0.1) is 0 Å². The average Bonchev–Trinajstić information content (AvgIpc) is 2.39. The number of carboxylic acid groups (broad SMARTS) is 1. The topological polar surface area (TPSA) is 87.1 Å². The molecule has 6 nitrogen and oxygen atoms in total. The van der Waals surface area contributed by atoms with Crippen molar-refractivity contribution in [1.82, 2.24) is 4.90 Å². The Bertz CT molecular complexity index is 456. The number of rotatable bonds is 2. The molecule has 0 aromatic heterocycles. The summed E-state index contributed by atoms with van der Waals surface area (Å²) in [7, 11) is 0. The lowest BCUT2D eigenvalue weighted by Crippen LogP contribution is -2.52. The molecule has 1 saturated heterocycles. The Morgan fingerprint density at radius 2 is 1.94 bits per heavy atom. The third-order valence-electron chi connectivity index (χ3n) is 2.79. The van der Waals surface area contributed by atoms with Crippen molar-refractivity contribution in [3.63, 3.8) is 0 Å². The number of carboxylic acids is 1. The van der Waals surface area contributed by atoms with Gasteiger partial charge in [0.2, 0.25) is 0 Å². The molecule has 18 heavy (non-hydrogen) atoms. The van der Waals surface area contributed by atoms with Crippen LogP contribution in [0.15, 0.2) is 24.3 Å². The summed E-state index contributed by atoms with van der Waals surface area (Å²) in [6.45, 7) is 0.573. The van der Waals surface area contributed by atoms with Crippen molar-refractivity contribution in [2.24, 2.45) is 0 Å². The first-order chi connectivity index (χ1) is 8.59. The maximum absolute atomic E-state index is 12.2. The van der Waals surface area contributed by atoms with Gasteiger partial charge in [0.15, 0.2) is 6.04 Å². The molecule has 96 valence electrons. The smallest absolute Gasteiger partial charge is 0.328 e. The predicted molar refractivity (Wildman–Crippen MR) is 61.4 cm³/mol. The molecule has 1 aliphatic rings. The average molecular weight is 251 g/mol. The summed E-state index contributed by atoms with van der Waals surface area (Å²) in [5.74, 6) is -1.39. The molecule has 0 radical (unpaired) electrons. The molecule has 0 spiro atoms. The van der Waals surface area contributed by atoms with Crippen LogP contribution in [0.1, 0.15) is 10.4 Å². The van der Waals surface area contributed by atoms with Crippen LogP contribution in [0.4, 0.5) is 0 Å².